The number of rotatable bonds is 9. The molecule has 7 heteroatoms. The monoisotopic (exact) mass is 569 g/mol. The maximum atomic E-state index is 13.2. The number of thiophene rings is 1. The van der Waals surface area contributed by atoms with Crippen molar-refractivity contribution >= 4 is 44.9 Å². The second-order valence-electron chi connectivity index (χ2n) is 9.55. The number of ether oxygens (including phenoxy) is 2. The lowest BCUT2D eigenvalue weighted by atomic mass is 10.0. The first-order chi connectivity index (χ1) is 19.4. The summed E-state index contributed by atoms with van der Waals surface area (Å²) in [6.07, 6.45) is 0.294. The van der Waals surface area contributed by atoms with Crippen LogP contribution >= 0.6 is 22.9 Å². The van der Waals surface area contributed by atoms with E-state index in [0.29, 0.717) is 22.9 Å². The summed E-state index contributed by atoms with van der Waals surface area (Å²) >= 11 is 7.41. The molecule has 1 aromatic heterocycles. The Morgan fingerprint density at radius 2 is 1.62 bits per heavy atom. The highest BCUT2D eigenvalue weighted by atomic mass is 35.5. The van der Waals surface area contributed by atoms with Gasteiger partial charge in [-0.1, -0.05) is 71.8 Å². The molecule has 1 heterocycles. The Morgan fingerprint density at radius 1 is 0.875 bits per heavy atom. The van der Waals surface area contributed by atoms with Crippen LogP contribution in [0.1, 0.15) is 26.4 Å². The van der Waals surface area contributed by atoms with Gasteiger partial charge in [0, 0.05) is 16.1 Å². The van der Waals surface area contributed by atoms with Gasteiger partial charge in [0.05, 0.1) is 12.0 Å². The summed E-state index contributed by atoms with van der Waals surface area (Å²) in [4.78, 5) is 26.3. The predicted octanol–water partition coefficient (Wildman–Crippen LogP) is 7.62. The Bertz CT molecular complexity index is 1640. The van der Waals surface area contributed by atoms with Crippen LogP contribution in [0, 0.1) is 6.92 Å². The molecule has 0 unspecified atom stereocenters. The number of halogens is 1. The Balaban J connectivity index is 1.25. The molecule has 4 aromatic carbocycles. The van der Waals surface area contributed by atoms with E-state index in [2.05, 4.69) is 11.4 Å². The Morgan fingerprint density at radius 3 is 2.35 bits per heavy atom. The topological polar surface area (TPSA) is 64.6 Å². The molecular weight excluding hydrogens is 542 g/mol. The van der Waals surface area contributed by atoms with Crippen molar-refractivity contribution in [2.45, 2.75) is 26.0 Å². The molecule has 202 valence electrons. The van der Waals surface area contributed by atoms with Gasteiger partial charge in [-0.25, -0.2) is 4.79 Å². The fourth-order valence-corrected chi connectivity index (χ4v) is 5.54. The number of carbonyl (C=O) groups excluding carboxylic acids is 2. The SMILES string of the molecule is COC(=O)[C@H](Cc1ccc(OCc2cccc(C)c2)cc1)NC(=O)c1cc2cc(-c3ccc(Cl)cc3)ccc2s1. The van der Waals surface area contributed by atoms with Gasteiger partial charge in [0.1, 0.15) is 18.4 Å². The average molecular weight is 570 g/mol. The third kappa shape index (κ3) is 6.71. The maximum absolute atomic E-state index is 13.2. The molecule has 0 aliphatic rings. The van der Waals surface area contributed by atoms with Crippen LogP contribution in [0.2, 0.25) is 5.02 Å². The van der Waals surface area contributed by atoms with Crippen molar-refractivity contribution in [3.05, 3.63) is 124 Å². The highest BCUT2D eigenvalue weighted by molar-refractivity contribution is 7.20. The number of methoxy groups -OCH3 is 1. The molecule has 0 radical (unpaired) electrons. The number of fused-ring (bicyclic) bond motifs is 1. The Labute approximate surface area is 242 Å². The first kappa shape index (κ1) is 27.4. The normalized spacial score (nSPS) is 11.7. The molecule has 1 atom stereocenters. The molecule has 0 aliphatic heterocycles. The highest BCUT2D eigenvalue weighted by Gasteiger charge is 2.24. The van der Waals surface area contributed by atoms with E-state index in [9.17, 15) is 9.59 Å². The lowest BCUT2D eigenvalue weighted by Crippen LogP contribution is -2.42. The van der Waals surface area contributed by atoms with Gasteiger partial charge >= 0.3 is 5.97 Å². The Kier molecular flexibility index (Phi) is 8.48. The van der Waals surface area contributed by atoms with Crippen LogP contribution in [0.3, 0.4) is 0 Å². The Hall–Kier alpha value is -4.13. The second kappa shape index (κ2) is 12.4. The number of carbonyl (C=O) groups is 2. The van der Waals surface area contributed by atoms with Crippen LogP contribution in [0.15, 0.2) is 97.1 Å². The summed E-state index contributed by atoms with van der Waals surface area (Å²) < 4.78 is 11.9. The van der Waals surface area contributed by atoms with E-state index in [1.54, 1.807) is 0 Å². The molecule has 0 fully saturated rings. The first-order valence-corrected chi connectivity index (χ1v) is 14.0. The first-order valence-electron chi connectivity index (χ1n) is 12.8. The van der Waals surface area contributed by atoms with Crippen molar-refractivity contribution in [1.29, 1.82) is 0 Å². The van der Waals surface area contributed by atoms with Gasteiger partial charge in [0.2, 0.25) is 0 Å². The highest BCUT2D eigenvalue weighted by Crippen LogP contribution is 2.31. The number of benzene rings is 4. The van der Waals surface area contributed by atoms with Gasteiger partial charge in [0.25, 0.3) is 5.91 Å². The van der Waals surface area contributed by atoms with Crippen molar-refractivity contribution in [1.82, 2.24) is 5.32 Å². The van der Waals surface area contributed by atoms with E-state index in [0.717, 1.165) is 38.1 Å². The number of hydrogen-bond donors (Lipinski definition) is 1. The number of amides is 1. The maximum Gasteiger partial charge on any atom is 0.328 e. The molecule has 0 bridgehead atoms. The lowest BCUT2D eigenvalue weighted by Gasteiger charge is -2.16. The molecule has 5 rings (SSSR count). The summed E-state index contributed by atoms with van der Waals surface area (Å²) in [5, 5.41) is 4.50. The molecule has 0 saturated heterocycles. The molecular formula is C33H28ClNO4S. The van der Waals surface area contributed by atoms with Gasteiger partial charge in [-0.2, -0.15) is 0 Å². The van der Waals surface area contributed by atoms with Crippen molar-refractivity contribution in [2.24, 2.45) is 0 Å². The third-order valence-corrected chi connectivity index (χ3v) is 7.93. The van der Waals surface area contributed by atoms with E-state index in [1.165, 1.54) is 24.0 Å². The third-order valence-electron chi connectivity index (χ3n) is 6.56. The van der Waals surface area contributed by atoms with Gasteiger partial charge < -0.3 is 14.8 Å². The fourth-order valence-electron chi connectivity index (χ4n) is 4.47. The van der Waals surface area contributed by atoms with Crippen LogP contribution in [0.25, 0.3) is 21.2 Å². The lowest BCUT2D eigenvalue weighted by molar-refractivity contribution is -0.142. The molecule has 5 aromatic rings. The molecule has 0 spiro atoms. The number of nitrogens with one attached hydrogen (secondary N) is 1. The van der Waals surface area contributed by atoms with Crippen LogP contribution in [-0.2, 0) is 22.6 Å². The minimum Gasteiger partial charge on any atom is -0.489 e. The smallest absolute Gasteiger partial charge is 0.328 e. The van der Waals surface area contributed by atoms with Gasteiger partial charge in [0.15, 0.2) is 0 Å². The number of aryl methyl sites for hydroxylation is 1. The van der Waals surface area contributed by atoms with Gasteiger partial charge in [-0.15, -0.1) is 11.3 Å². The number of esters is 1. The quantitative estimate of drug-likeness (QED) is 0.185. The van der Waals surface area contributed by atoms with Crippen LogP contribution in [0.5, 0.6) is 5.75 Å². The molecule has 0 saturated carbocycles. The molecule has 1 N–H and O–H groups in total. The number of hydrogen-bond acceptors (Lipinski definition) is 5. The summed E-state index contributed by atoms with van der Waals surface area (Å²) in [5.74, 6) is -0.0887. The van der Waals surface area contributed by atoms with Crippen molar-refractivity contribution < 1.29 is 19.1 Å². The zero-order valence-electron chi connectivity index (χ0n) is 22.1. The van der Waals surface area contributed by atoms with Crippen LogP contribution in [-0.4, -0.2) is 25.0 Å². The van der Waals surface area contributed by atoms with Crippen LogP contribution < -0.4 is 10.1 Å². The molecule has 1 amide bonds. The summed E-state index contributed by atoms with van der Waals surface area (Å²) in [6.45, 7) is 2.52. The molecule has 40 heavy (non-hydrogen) atoms. The summed E-state index contributed by atoms with van der Waals surface area (Å²) in [5.41, 5.74) is 5.24. The standard InChI is InChI=1S/C33H28ClNO4S/c1-21-4-3-5-23(16-21)20-39-28-13-6-22(7-14-28)17-29(33(37)38-2)35-32(36)31-19-26-18-25(10-15-30(26)40-31)24-8-11-27(34)12-9-24/h3-16,18-19,29H,17,20H2,1-2H3,(H,35,36)/t29-/m0/s1. The van der Waals surface area contributed by atoms with Crippen LogP contribution in [0.4, 0.5) is 0 Å². The van der Waals surface area contributed by atoms with E-state index in [4.69, 9.17) is 21.1 Å². The predicted molar refractivity (Wildman–Crippen MR) is 161 cm³/mol. The van der Waals surface area contributed by atoms with E-state index in [-0.39, 0.29) is 5.91 Å². The largest absolute Gasteiger partial charge is 0.489 e. The van der Waals surface area contributed by atoms with Crippen molar-refractivity contribution in [3.63, 3.8) is 0 Å². The summed E-state index contributed by atoms with van der Waals surface area (Å²) in [6, 6.07) is 30.4. The van der Waals surface area contributed by atoms with Gasteiger partial charge in [-0.3, -0.25) is 4.79 Å². The minimum absolute atomic E-state index is 0.294. The van der Waals surface area contributed by atoms with E-state index >= 15 is 0 Å². The summed E-state index contributed by atoms with van der Waals surface area (Å²) in [7, 11) is 1.32. The van der Waals surface area contributed by atoms with Gasteiger partial charge in [-0.05, 0) is 77.0 Å². The molecule has 0 aliphatic carbocycles. The fraction of sp³-hybridized carbons (Fsp3) is 0.152. The van der Waals surface area contributed by atoms with E-state index < -0.39 is 12.0 Å². The minimum atomic E-state index is -0.827. The molecule has 5 nitrogen and oxygen atoms in total. The zero-order chi connectivity index (χ0) is 28.1. The van der Waals surface area contributed by atoms with E-state index in [1.807, 2.05) is 97.9 Å². The average Bonchev–Trinajstić information content (AvgIpc) is 3.40. The van der Waals surface area contributed by atoms with Crippen molar-refractivity contribution in [2.75, 3.05) is 7.11 Å². The zero-order valence-corrected chi connectivity index (χ0v) is 23.7. The van der Waals surface area contributed by atoms with Crippen molar-refractivity contribution in [3.8, 4) is 16.9 Å². The second-order valence-corrected chi connectivity index (χ2v) is 11.1.